The maximum absolute atomic E-state index is 12.5. The molecule has 2 saturated heterocycles. The van der Waals surface area contributed by atoms with Crippen LogP contribution in [0, 0.1) is 0 Å². The van der Waals surface area contributed by atoms with Crippen molar-refractivity contribution in [3.8, 4) is 0 Å². The Morgan fingerprint density at radius 3 is 2.79 bits per heavy atom. The van der Waals surface area contributed by atoms with E-state index in [0.717, 1.165) is 39.1 Å². The summed E-state index contributed by atoms with van der Waals surface area (Å²) in [6.07, 6.45) is 1.07. The smallest absolute Gasteiger partial charge is 0.242 e. The highest BCUT2D eigenvalue weighted by Gasteiger charge is 2.36. The quantitative estimate of drug-likeness (QED) is 0.797. The molecule has 2 heterocycles. The van der Waals surface area contributed by atoms with Crippen LogP contribution in [0.25, 0.3) is 0 Å². The van der Waals surface area contributed by atoms with Gasteiger partial charge in [-0.3, -0.25) is 9.69 Å². The normalized spacial score (nSPS) is 32.0. The topological polar surface area (TPSA) is 44.8 Å². The third-order valence-electron chi connectivity index (χ3n) is 4.39. The zero-order chi connectivity index (χ0) is 13.8. The SMILES string of the molecule is CCN(CC)C1CCN(C(=O)[C@H]2NCCO[C@@H]2C)C1. The lowest BCUT2D eigenvalue weighted by Gasteiger charge is -2.33. The second kappa shape index (κ2) is 6.68. The van der Waals surface area contributed by atoms with Crippen molar-refractivity contribution in [3.05, 3.63) is 0 Å². The largest absolute Gasteiger partial charge is 0.375 e. The van der Waals surface area contributed by atoms with Crippen LogP contribution in [0.1, 0.15) is 27.2 Å². The van der Waals surface area contributed by atoms with E-state index in [9.17, 15) is 4.79 Å². The Hall–Kier alpha value is -0.650. The summed E-state index contributed by atoms with van der Waals surface area (Å²) in [5.41, 5.74) is 0. The molecule has 2 aliphatic heterocycles. The van der Waals surface area contributed by atoms with Gasteiger partial charge in [-0.2, -0.15) is 0 Å². The molecule has 0 saturated carbocycles. The monoisotopic (exact) mass is 269 g/mol. The molecule has 2 rings (SSSR count). The van der Waals surface area contributed by atoms with Gasteiger partial charge in [-0.25, -0.2) is 0 Å². The molecule has 0 aromatic heterocycles. The Kier molecular flexibility index (Phi) is 5.19. The molecule has 1 N–H and O–H groups in total. The van der Waals surface area contributed by atoms with Crippen molar-refractivity contribution < 1.29 is 9.53 Å². The maximum atomic E-state index is 12.5. The molecule has 110 valence electrons. The standard InChI is InChI=1S/C14H27N3O2/c1-4-16(5-2)12-6-8-17(10-12)14(18)13-11(3)19-9-7-15-13/h11-13,15H,4-10H2,1-3H3/t11-,12?,13+/m1/s1. The van der Waals surface area contributed by atoms with Gasteiger partial charge in [-0.05, 0) is 26.4 Å². The number of morpholine rings is 1. The second-order valence-electron chi connectivity index (χ2n) is 5.46. The first-order valence-electron chi connectivity index (χ1n) is 7.55. The van der Waals surface area contributed by atoms with Gasteiger partial charge in [0.2, 0.25) is 5.91 Å². The number of nitrogens with zero attached hydrogens (tertiary/aromatic N) is 2. The summed E-state index contributed by atoms with van der Waals surface area (Å²) < 4.78 is 5.57. The predicted octanol–water partition coefficient (Wildman–Crippen LogP) is 0.306. The van der Waals surface area contributed by atoms with Crippen LogP contribution in [-0.2, 0) is 9.53 Å². The minimum atomic E-state index is -0.163. The summed E-state index contributed by atoms with van der Waals surface area (Å²) in [6.45, 7) is 11.7. The Labute approximate surface area is 116 Å². The molecule has 0 spiro atoms. The molecule has 2 aliphatic rings. The Balaban J connectivity index is 1.90. The van der Waals surface area contributed by atoms with Crippen molar-refractivity contribution in [2.24, 2.45) is 0 Å². The van der Waals surface area contributed by atoms with Crippen LogP contribution in [-0.4, -0.2) is 73.2 Å². The minimum Gasteiger partial charge on any atom is -0.375 e. The molecule has 1 unspecified atom stereocenters. The lowest BCUT2D eigenvalue weighted by atomic mass is 10.1. The number of amides is 1. The predicted molar refractivity (Wildman–Crippen MR) is 75.1 cm³/mol. The van der Waals surface area contributed by atoms with Crippen LogP contribution in [0.4, 0.5) is 0 Å². The van der Waals surface area contributed by atoms with Gasteiger partial charge in [-0.1, -0.05) is 13.8 Å². The number of carbonyl (C=O) groups is 1. The molecular weight excluding hydrogens is 242 g/mol. The number of carbonyl (C=O) groups excluding carboxylic acids is 1. The van der Waals surface area contributed by atoms with Crippen molar-refractivity contribution in [2.45, 2.75) is 45.4 Å². The zero-order valence-corrected chi connectivity index (χ0v) is 12.4. The van der Waals surface area contributed by atoms with Gasteiger partial charge in [0.1, 0.15) is 6.04 Å². The van der Waals surface area contributed by atoms with E-state index in [1.54, 1.807) is 0 Å². The van der Waals surface area contributed by atoms with E-state index in [-0.39, 0.29) is 18.1 Å². The third kappa shape index (κ3) is 3.27. The highest BCUT2D eigenvalue weighted by molar-refractivity contribution is 5.83. The summed E-state index contributed by atoms with van der Waals surface area (Å²) in [7, 11) is 0. The lowest BCUT2D eigenvalue weighted by molar-refractivity contribution is -0.138. The van der Waals surface area contributed by atoms with Crippen LogP contribution in [0.3, 0.4) is 0 Å². The first-order chi connectivity index (χ1) is 9.17. The fourth-order valence-corrected chi connectivity index (χ4v) is 3.19. The van der Waals surface area contributed by atoms with Gasteiger partial charge < -0.3 is 15.0 Å². The zero-order valence-electron chi connectivity index (χ0n) is 12.4. The van der Waals surface area contributed by atoms with Gasteiger partial charge in [0.15, 0.2) is 0 Å². The number of likely N-dealkylation sites (N-methyl/N-ethyl adjacent to an activating group) is 1. The number of hydrogen-bond acceptors (Lipinski definition) is 4. The maximum Gasteiger partial charge on any atom is 0.242 e. The Morgan fingerprint density at radius 2 is 2.16 bits per heavy atom. The summed E-state index contributed by atoms with van der Waals surface area (Å²) >= 11 is 0. The molecule has 5 heteroatoms. The van der Waals surface area contributed by atoms with Gasteiger partial charge in [-0.15, -0.1) is 0 Å². The van der Waals surface area contributed by atoms with Gasteiger partial charge >= 0.3 is 0 Å². The van der Waals surface area contributed by atoms with E-state index in [0.29, 0.717) is 12.6 Å². The van der Waals surface area contributed by atoms with Crippen LogP contribution < -0.4 is 5.32 Å². The van der Waals surface area contributed by atoms with Crippen molar-refractivity contribution >= 4 is 5.91 Å². The molecule has 0 aromatic carbocycles. The van der Waals surface area contributed by atoms with Crippen LogP contribution in [0.5, 0.6) is 0 Å². The minimum absolute atomic E-state index is 0.0197. The van der Waals surface area contributed by atoms with Gasteiger partial charge in [0.25, 0.3) is 0 Å². The van der Waals surface area contributed by atoms with E-state index in [1.165, 1.54) is 0 Å². The van der Waals surface area contributed by atoms with Crippen LogP contribution in [0.15, 0.2) is 0 Å². The fraction of sp³-hybridized carbons (Fsp3) is 0.929. The molecule has 0 radical (unpaired) electrons. The number of nitrogens with one attached hydrogen (secondary N) is 1. The third-order valence-corrected chi connectivity index (χ3v) is 4.39. The molecule has 0 aromatic rings. The molecular formula is C14H27N3O2. The Morgan fingerprint density at radius 1 is 1.42 bits per heavy atom. The summed E-state index contributed by atoms with van der Waals surface area (Å²) in [5.74, 6) is 0.210. The molecule has 5 nitrogen and oxygen atoms in total. The summed E-state index contributed by atoms with van der Waals surface area (Å²) in [4.78, 5) is 17.0. The molecule has 0 bridgehead atoms. The van der Waals surface area contributed by atoms with E-state index < -0.39 is 0 Å². The van der Waals surface area contributed by atoms with E-state index in [1.807, 2.05) is 11.8 Å². The highest BCUT2D eigenvalue weighted by Crippen LogP contribution is 2.18. The molecule has 0 aliphatic carbocycles. The van der Waals surface area contributed by atoms with Crippen molar-refractivity contribution in [2.75, 3.05) is 39.3 Å². The van der Waals surface area contributed by atoms with Gasteiger partial charge in [0.05, 0.1) is 12.7 Å². The summed E-state index contributed by atoms with van der Waals surface area (Å²) in [6, 6.07) is 0.364. The number of hydrogen-bond donors (Lipinski definition) is 1. The molecule has 1 amide bonds. The average Bonchev–Trinajstić information content (AvgIpc) is 2.90. The van der Waals surface area contributed by atoms with Gasteiger partial charge in [0, 0.05) is 25.7 Å². The molecule has 2 fully saturated rings. The molecule has 19 heavy (non-hydrogen) atoms. The van der Waals surface area contributed by atoms with Crippen LogP contribution >= 0.6 is 0 Å². The number of ether oxygens (including phenoxy) is 1. The average molecular weight is 269 g/mol. The Bertz CT molecular complexity index is 307. The lowest BCUT2D eigenvalue weighted by Crippen LogP contribution is -2.56. The van der Waals surface area contributed by atoms with E-state index >= 15 is 0 Å². The first kappa shape index (κ1) is 14.8. The highest BCUT2D eigenvalue weighted by atomic mass is 16.5. The fourth-order valence-electron chi connectivity index (χ4n) is 3.19. The first-order valence-corrected chi connectivity index (χ1v) is 7.55. The second-order valence-corrected chi connectivity index (χ2v) is 5.46. The van der Waals surface area contributed by atoms with Crippen LogP contribution in [0.2, 0.25) is 0 Å². The van der Waals surface area contributed by atoms with E-state index in [4.69, 9.17) is 4.74 Å². The molecule has 3 atom stereocenters. The van der Waals surface area contributed by atoms with Crippen molar-refractivity contribution in [3.63, 3.8) is 0 Å². The van der Waals surface area contributed by atoms with Crippen molar-refractivity contribution in [1.82, 2.24) is 15.1 Å². The summed E-state index contributed by atoms with van der Waals surface area (Å²) in [5, 5.41) is 3.29. The number of likely N-dealkylation sites (tertiary alicyclic amines) is 1. The van der Waals surface area contributed by atoms with Crippen molar-refractivity contribution in [1.29, 1.82) is 0 Å². The van der Waals surface area contributed by atoms with E-state index in [2.05, 4.69) is 24.1 Å². The number of rotatable bonds is 4.